The average molecular weight is 296 g/mol. The van der Waals surface area contributed by atoms with Crippen LogP contribution in [0.1, 0.15) is 23.0 Å². The molecule has 3 rings (SSSR count). The highest BCUT2D eigenvalue weighted by atomic mass is 16.6. The van der Waals surface area contributed by atoms with Gasteiger partial charge in [0.15, 0.2) is 5.82 Å². The lowest BCUT2D eigenvalue weighted by atomic mass is 9.86. The van der Waals surface area contributed by atoms with Gasteiger partial charge in [-0.15, -0.1) is 0 Å². The molecule has 0 spiro atoms. The van der Waals surface area contributed by atoms with E-state index in [1.165, 1.54) is 12.1 Å². The number of aryl methyl sites for hydroxylation is 1. The minimum atomic E-state index is -0.465. The standard InChI is InChI=1S/C14H12N6O2/c1-7-17-12-11(8-2-4-9(5-3-8)20(21)22)10(6-15)13(16)19-14(12)18-7/h2-5,11,19H,16H2,1H3,(H,17,18). The van der Waals surface area contributed by atoms with Crippen LogP contribution >= 0.6 is 0 Å². The van der Waals surface area contributed by atoms with E-state index in [2.05, 4.69) is 21.4 Å². The van der Waals surface area contributed by atoms with Crippen molar-refractivity contribution in [3.63, 3.8) is 0 Å². The summed E-state index contributed by atoms with van der Waals surface area (Å²) in [5, 5.41) is 23.1. The van der Waals surface area contributed by atoms with Crippen molar-refractivity contribution in [2.45, 2.75) is 12.8 Å². The van der Waals surface area contributed by atoms with Crippen LogP contribution in [-0.4, -0.2) is 14.9 Å². The van der Waals surface area contributed by atoms with Crippen LogP contribution in [0.25, 0.3) is 0 Å². The Morgan fingerprint density at radius 2 is 2.09 bits per heavy atom. The van der Waals surface area contributed by atoms with Crippen LogP contribution in [-0.2, 0) is 0 Å². The predicted molar refractivity (Wildman–Crippen MR) is 78.7 cm³/mol. The van der Waals surface area contributed by atoms with Gasteiger partial charge in [-0.1, -0.05) is 12.1 Å². The number of hydrogen-bond acceptors (Lipinski definition) is 6. The third-order valence-corrected chi connectivity index (χ3v) is 3.53. The molecule has 8 heteroatoms. The van der Waals surface area contributed by atoms with Gasteiger partial charge in [-0.05, 0) is 12.5 Å². The number of nitrogens with one attached hydrogen (secondary N) is 2. The molecule has 8 nitrogen and oxygen atoms in total. The molecule has 0 radical (unpaired) electrons. The summed E-state index contributed by atoms with van der Waals surface area (Å²) in [6.07, 6.45) is 0. The van der Waals surface area contributed by atoms with Gasteiger partial charge in [-0.2, -0.15) is 5.26 Å². The Hall–Kier alpha value is -3.34. The summed E-state index contributed by atoms with van der Waals surface area (Å²) in [5.74, 6) is 1.07. The maximum atomic E-state index is 10.8. The van der Waals surface area contributed by atoms with Crippen LogP contribution in [0.4, 0.5) is 11.5 Å². The van der Waals surface area contributed by atoms with Crippen molar-refractivity contribution in [2.75, 3.05) is 5.32 Å². The van der Waals surface area contributed by atoms with Gasteiger partial charge in [-0.3, -0.25) is 10.1 Å². The van der Waals surface area contributed by atoms with Crippen molar-refractivity contribution in [1.29, 1.82) is 5.26 Å². The van der Waals surface area contributed by atoms with Crippen molar-refractivity contribution in [3.8, 4) is 6.07 Å². The summed E-state index contributed by atoms with van der Waals surface area (Å²) >= 11 is 0. The molecule has 1 aliphatic rings. The van der Waals surface area contributed by atoms with E-state index in [1.807, 2.05) is 0 Å². The summed E-state index contributed by atoms with van der Waals surface area (Å²) < 4.78 is 0. The highest BCUT2D eigenvalue weighted by Crippen LogP contribution is 2.39. The average Bonchev–Trinajstić information content (AvgIpc) is 2.85. The number of hydrogen-bond donors (Lipinski definition) is 3. The molecule has 1 aliphatic heterocycles. The molecule has 0 saturated heterocycles. The van der Waals surface area contributed by atoms with Crippen molar-refractivity contribution < 1.29 is 4.92 Å². The molecule has 1 aromatic heterocycles. The molecule has 0 amide bonds. The molecule has 110 valence electrons. The number of imidazole rings is 1. The van der Waals surface area contributed by atoms with Gasteiger partial charge < -0.3 is 16.0 Å². The first-order chi connectivity index (χ1) is 10.5. The van der Waals surface area contributed by atoms with Crippen LogP contribution in [0.2, 0.25) is 0 Å². The highest BCUT2D eigenvalue weighted by molar-refractivity contribution is 5.63. The van der Waals surface area contributed by atoms with Crippen molar-refractivity contribution in [3.05, 3.63) is 62.9 Å². The Kier molecular flexibility index (Phi) is 3.03. The SMILES string of the molecule is Cc1nc2c([nH]1)C(c1ccc([N+](=O)[O-])cc1)C(C#N)=C(N)N2. The molecule has 1 atom stereocenters. The number of anilines is 1. The van der Waals surface area contributed by atoms with E-state index in [9.17, 15) is 15.4 Å². The fraction of sp³-hybridized carbons (Fsp3) is 0.143. The van der Waals surface area contributed by atoms with Crippen LogP contribution in [0.15, 0.2) is 35.7 Å². The smallest absolute Gasteiger partial charge is 0.269 e. The first kappa shape index (κ1) is 13.6. The number of non-ortho nitro benzene ring substituents is 1. The third kappa shape index (κ3) is 2.05. The fourth-order valence-electron chi connectivity index (χ4n) is 2.56. The number of fused-ring (bicyclic) bond motifs is 1. The van der Waals surface area contributed by atoms with Gasteiger partial charge >= 0.3 is 0 Å². The van der Waals surface area contributed by atoms with E-state index in [0.29, 0.717) is 17.2 Å². The number of allylic oxidation sites excluding steroid dienone is 1. The number of nitriles is 1. The zero-order valence-corrected chi connectivity index (χ0v) is 11.6. The zero-order valence-electron chi connectivity index (χ0n) is 11.6. The quantitative estimate of drug-likeness (QED) is 0.572. The second kappa shape index (κ2) is 4.89. The molecule has 0 bridgehead atoms. The minimum absolute atomic E-state index is 0.00541. The topological polar surface area (TPSA) is 134 Å². The van der Waals surface area contributed by atoms with Crippen molar-refractivity contribution in [1.82, 2.24) is 9.97 Å². The number of aromatic nitrogens is 2. The van der Waals surface area contributed by atoms with E-state index >= 15 is 0 Å². The van der Waals surface area contributed by atoms with Crippen LogP contribution in [0.5, 0.6) is 0 Å². The molecule has 2 aromatic rings. The van der Waals surface area contributed by atoms with Crippen LogP contribution in [0.3, 0.4) is 0 Å². The summed E-state index contributed by atoms with van der Waals surface area (Å²) in [7, 11) is 0. The maximum Gasteiger partial charge on any atom is 0.269 e. The van der Waals surface area contributed by atoms with E-state index in [0.717, 1.165) is 11.3 Å². The molecule has 4 N–H and O–H groups in total. The molecule has 1 unspecified atom stereocenters. The summed E-state index contributed by atoms with van der Waals surface area (Å²) in [6, 6.07) is 8.16. The molecule has 0 fully saturated rings. The number of H-pyrrole nitrogens is 1. The van der Waals surface area contributed by atoms with E-state index in [-0.39, 0.29) is 11.5 Å². The lowest BCUT2D eigenvalue weighted by molar-refractivity contribution is -0.384. The van der Waals surface area contributed by atoms with Gasteiger partial charge in [0.25, 0.3) is 5.69 Å². The lowest BCUT2D eigenvalue weighted by Gasteiger charge is -2.23. The minimum Gasteiger partial charge on any atom is -0.384 e. The first-order valence-electron chi connectivity index (χ1n) is 6.49. The van der Waals surface area contributed by atoms with Gasteiger partial charge in [0.2, 0.25) is 0 Å². The maximum absolute atomic E-state index is 10.8. The zero-order chi connectivity index (χ0) is 15.9. The number of nitrogens with zero attached hydrogens (tertiary/aromatic N) is 3. The summed E-state index contributed by atoms with van der Waals surface area (Å²) in [5.41, 5.74) is 7.70. The molecular weight excluding hydrogens is 284 g/mol. The summed E-state index contributed by atoms with van der Waals surface area (Å²) in [4.78, 5) is 17.7. The lowest BCUT2D eigenvalue weighted by Crippen LogP contribution is -2.23. The monoisotopic (exact) mass is 296 g/mol. The van der Waals surface area contributed by atoms with Crippen molar-refractivity contribution in [2.24, 2.45) is 5.73 Å². The molecule has 1 aromatic carbocycles. The normalized spacial score (nSPS) is 16.6. The highest BCUT2D eigenvalue weighted by Gasteiger charge is 2.31. The number of nitro groups is 1. The summed E-state index contributed by atoms with van der Waals surface area (Å²) in [6.45, 7) is 1.80. The number of nitro benzene ring substituents is 1. The number of benzene rings is 1. The molecular formula is C14H12N6O2. The molecule has 22 heavy (non-hydrogen) atoms. The van der Waals surface area contributed by atoms with Gasteiger partial charge in [0, 0.05) is 12.1 Å². The van der Waals surface area contributed by atoms with E-state index in [1.54, 1.807) is 19.1 Å². The molecule has 0 aliphatic carbocycles. The second-order valence-corrected chi connectivity index (χ2v) is 4.93. The van der Waals surface area contributed by atoms with E-state index < -0.39 is 10.8 Å². The van der Waals surface area contributed by atoms with Gasteiger partial charge in [-0.25, -0.2) is 4.98 Å². The van der Waals surface area contributed by atoms with Gasteiger partial charge in [0.05, 0.1) is 28.2 Å². The number of rotatable bonds is 2. The molecule has 0 saturated carbocycles. The Morgan fingerprint density at radius 1 is 1.41 bits per heavy atom. The third-order valence-electron chi connectivity index (χ3n) is 3.53. The van der Waals surface area contributed by atoms with Crippen LogP contribution in [0, 0.1) is 28.4 Å². The fourth-order valence-corrected chi connectivity index (χ4v) is 2.56. The second-order valence-electron chi connectivity index (χ2n) is 4.93. The number of nitrogens with two attached hydrogens (primary N) is 1. The number of aromatic amines is 1. The Labute approximate surface area is 125 Å². The first-order valence-corrected chi connectivity index (χ1v) is 6.49. The van der Waals surface area contributed by atoms with Crippen LogP contribution < -0.4 is 11.1 Å². The Balaban J connectivity index is 2.14. The largest absolute Gasteiger partial charge is 0.384 e. The Morgan fingerprint density at radius 3 is 2.68 bits per heavy atom. The molecule has 2 heterocycles. The Bertz CT molecular complexity index is 828. The van der Waals surface area contributed by atoms with Crippen molar-refractivity contribution >= 4 is 11.5 Å². The predicted octanol–water partition coefficient (Wildman–Crippen LogP) is 1.88. The van der Waals surface area contributed by atoms with Gasteiger partial charge in [0.1, 0.15) is 11.6 Å². The van der Waals surface area contributed by atoms with E-state index in [4.69, 9.17) is 5.73 Å².